The van der Waals surface area contributed by atoms with Gasteiger partial charge in [-0.05, 0) is 48.0 Å². The van der Waals surface area contributed by atoms with Crippen molar-refractivity contribution >= 4 is 33.3 Å². The molecule has 0 unspecified atom stereocenters. The Morgan fingerprint density at radius 3 is 2.56 bits per heavy atom. The molecule has 1 N–H and O–H groups in total. The third-order valence-corrected chi connectivity index (χ3v) is 4.02. The minimum atomic E-state index is 0.677. The maximum atomic E-state index is 5.98. The fraction of sp³-hybridized carbons (Fsp3) is 0.231. The van der Waals surface area contributed by atoms with Crippen LogP contribution in [0.25, 0.3) is 11.4 Å². The van der Waals surface area contributed by atoms with Crippen molar-refractivity contribution in [2.24, 2.45) is 0 Å². The molecule has 0 aliphatic rings. The fourth-order valence-electron chi connectivity index (χ4n) is 1.64. The van der Waals surface area contributed by atoms with E-state index in [1.807, 2.05) is 39.1 Å². The highest BCUT2D eigenvalue weighted by Gasteiger charge is 2.09. The lowest BCUT2D eigenvalue weighted by molar-refractivity contribution is 1.07. The first kappa shape index (κ1) is 13.3. The van der Waals surface area contributed by atoms with Crippen molar-refractivity contribution in [1.29, 1.82) is 0 Å². The number of rotatable bonds is 2. The van der Waals surface area contributed by atoms with Crippen molar-refractivity contribution in [1.82, 2.24) is 9.97 Å². The van der Waals surface area contributed by atoms with Crippen LogP contribution in [0.1, 0.15) is 11.3 Å². The summed E-state index contributed by atoms with van der Waals surface area (Å²) >= 11 is 9.39. The monoisotopic (exact) mass is 325 g/mol. The molecule has 1 aromatic carbocycles. The van der Waals surface area contributed by atoms with Crippen molar-refractivity contribution in [2.45, 2.75) is 13.8 Å². The Labute approximate surface area is 120 Å². The SMILES string of the molecule is CNc1nc(-c2ccc(Cl)c(Br)c2)nc(C)c1C. The Bertz CT molecular complexity index is 599. The maximum absolute atomic E-state index is 5.98. The molecule has 2 rings (SSSR count). The predicted octanol–water partition coefficient (Wildman–Crippen LogP) is 4.22. The molecule has 3 nitrogen and oxygen atoms in total. The van der Waals surface area contributed by atoms with Crippen LogP contribution < -0.4 is 5.32 Å². The second-order valence-electron chi connectivity index (χ2n) is 3.99. The molecule has 2 aromatic rings. The largest absolute Gasteiger partial charge is 0.373 e. The van der Waals surface area contributed by atoms with Crippen molar-refractivity contribution in [3.8, 4) is 11.4 Å². The summed E-state index contributed by atoms with van der Waals surface area (Å²) in [6.07, 6.45) is 0. The number of nitrogens with zero attached hydrogens (tertiary/aromatic N) is 2. The number of benzene rings is 1. The standard InChI is InChI=1S/C13H13BrClN3/c1-7-8(2)17-13(18-12(7)16-3)9-4-5-11(15)10(14)6-9/h4-6H,1-3H3,(H,16,17,18). The third-order valence-electron chi connectivity index (χ3n) is 2.80. The first-order chi connectivity index (χ1) is 8.52. The molecule has 0 radical (unpaired) electrons. The van der Waals surface area contributed by atoms with Crippen molar-refractivity contribution in [3.63, 3.8) is 0 Å². The molecule has 94 valence electrons. The van der Waals surface area contributed by atoms with Crippen molar-refractivity contribution in [3.05, 3.63) is 39.0 Å². The number of halogens is 2. The lowest BCUT2D eigenvalue weighted by atomic mass is 10.2. The van der Waals surface area contributed by atoms with E-state index in [0.29, 0.717) is 10.8 Å². The van der Waals surface area contributed by atoms with Crippen molar-refractivity contribution in [2.75, 3.05) is 12.4 Å². The summed E-state index contributed by atoms with van der Waals surface area (Å²) in [6.45, 7) is 3.98. The number of aryl methyl sites for hydroxylation is 1. The zero-order chi connectivity index (χ0) is 13.3. The predicted molar refractivity (Wildman–Crippen MR) is 79.2 cm³/mol. The highest BCUT2D eigenvalue weighted by atomic mass is 79.9. The van der Waals surface area contributed by atoms with Crippen LogP contribution in [0.2, 0.25) is 5.02 Å². The number of nitrogens with one attached hydrogen (secondary N) is 1. The normalized spacial score (nSPS) is 10.5. The van der Waals surface area contributed by atoms with E-state index in [-0.39, 0.29) is 0 Å². The van der Waals surface area contributed by atoms with Gasteiger partial charge in [-0.15, -0.1) is 0 Å². The Morgan fingerprint density at radius 1 is 1.22 bits per heavy atom. The Morgan fingerprint density at radius 2 is 1.94 bits per heavy atom. The van der Waals surface area contributed by atoms with E-state index in [9.17, 15) is 0 Å². The van der Waals surface area contributed by atoms with Crippen LogP contribution in [0.4, 0.5) is 5.82 Å². The average Bonchev–Trinajstić information content (AvgIpc) is 2.36. The van der Waals surface area contributed by atoms with Crippen LogP contribution in [0, 0.1) is 13.8 Å². The Balaban J connectivity index is 2.57. The highest BCUT2D eigenvalue weighted by Crippen LogP contribution is 2.28. The van der Waals surface area contributed by atoms with Crippen LogP contribution in [0.3, 0.4) is 0 Å². The van der Waals surface area contributed by atoms with Gasteiger partial charge >= 0.3 is 0 Å². The topological polar surface area (TPSA) is 37.8 Å². The van der Waals surface area contributed by atoms with Gasteiger partial charge in [0.1, 0.15) is 5.82 Å². The van der Waals surface area contributed by atoms with Crippen LogP contribution in [0.15, 0.2) is 22.7 Å². The molecule has 0 spiro atoms. The molecular weight excluding hydrogens is 314 g/mol. The molecule has 0 saturated heterocycles. The first-order valence-electron chi connectivity index (χ1n) is 5.51. The van der Waals surface area contributed by atoms with Crippen LogP contribution >= 0.6 is 27.5 Å². The number of aromatic nitrogens is 2. The summed E-state index contributed by atoms with van der Waals surface area (Å²) < 4.78 is 0.842. The third kappa shape index (κ3) is 2.49. The van der Waals surface area contributed by atoms with Crippen LogP contribution in [-0.4, -0.2) is 17.0 Å². The average molecular weight is 327 g/mol. The fourth-order valence-corrected chi connectivity index (χ4v) is 2.13. The first-order valence-corrected chi connectivity index (χ1v) is 6.68. The zero-order valence-electron chi connectivity index (χ0n) is 10.4. The number of hydrogen-bond acceptors (Lipinski definition) is 3. The van der Waals surface area contributed by atoms with E-state index < -0.39 is 0 Å². The lowest BCUT2D eigenvalue weighted by Gasteiger charge is -2.10. The molecule has 0 aliphatic carbocycles. The molecule has 0 bridgehead atoms. The van der Waals surface area contributed by atoms with E-state index in [1.165, 1.54) is 0 Å². The highest BCUT2D eigenvalue weighted by molar-refractivity contribution is 9.10. The zero-order valence-corrected chi connectivity index (χ0v) is 12.7. The van der Waals surface area contributed by atoms with E-state index in [2.05, 4.69) is 31.2 Å². The smallest absolute Gasteiger partial charge is 0.161 e. The molecule has 1 heterocycles. The van der Waals surface area contributed by atoms with Gasteiger partial charge in [-0.1, -0.05) is 11.6 Å². The molecule has 0 saturated carbocycles. The molecule has 0 atom stereocenters. The van der Waals surface area contributed by atoms with Gasteiger partial charge in [-0.2, -0.15) is 0 Å². The van der Waals surface area contributed by atoms with Gasteiger partial charge < -0.3 is 5.32 Å². The number of anilines is 1. The molecule has 0 fully saturated rings. The quantitative estimate of drug-likeness (QED) is 0.898. The van der Waals surface area contributed by atoms with Gasteiger partial charge in [0.15, 0.2) is 5.82 Å². The lowest BCUT2D eigenvalue weighted by Crippen LogP contribution is -2.02. The summed E-state index contributed by atoms with van der Waals surface area (Å²) in [7, 11) is 1.86. The Kier molecular flexibility index (Phi) is 3.88. The molecule has 5 heteroatoms. The Hall–Kier alpha value is -1.13. The molecule has 1 aromatic heterocycles. The summed E-state index contributed by atoms with van der Waals surface area (Å²) in [5, 5.41) is 3.76. The molecular formula is C13H13BrClN3. The second kappa shape index (κ2) is 5.24. The van der Waals surface area contributed by atoms with Crippen LogP contribution in [-0.2, 0) is 0 Å². The van der Waals surface area contributed by atoms with E-state index >= 15 is 0 Å². The molecule has 0 aliphatic heterocycles. The summed E-state index contributed by atoms with van der Waals surface area (Å²) in [6, 6.07) is 5.67. The van der Waals surface area contributed by atoms with Gasteiger partial charge in [0.2, 0.25) is 0 Å². The molecule has 18 heavy (non-hydrogen) atoms. The number of hydrogen-bond donors (Lipinski definition) is 1. The second-order valence-corrected chi connectivity index (χ2v) is 5.25. The minimum absolute atomic E-state index is 0.677. The van der Waals surface area contributed by atoms with E-state index in [1.54, 1.807) is 0 Å². The molecule has 0 amide bonds. The maximum Gasteiger partial charge on any atom is 0.161 e. The summed E-state index contributed by atoms with van der Waals surface area (Å²) in [5.74, 6) is 1.54. The summed E-state index contributed by atoms with van der Waals surface area (Å²) in [5.41, 5.74) is 2.97. The van der Waals surface area contributed by atoms with E-state index in [4.69, 9.17) is 11.6 Å². The van der Waals surface area contributed by atoms with Crippen molar-refractivity contribution < 1.29 is 0 Å². The van der Waals surface area contributed by atoms with Gasteiger partial charge in [0.25, 0.3) is 0 Å². The van der Waals surface area contributed by atoms with Gasteiger partial charge in [0, 0.05) is 28.3 Å². The van der Waals surface area contributed by atoms with Crippen LogP contribution in [0.5, 0.6) is 0 Å². The summed E-state index contributed by atoms with van der Waals surface area (Å²) in [4.78, 5) is 9.01. The van der Waals surface area contributed by atoms with Gasteiger partial charge in [-0.3, -0.25) is 0 Å². The van der Waals surface area contributed by atoms with Gasteiger partial charge in [0.05, 0.1) is 5.02 Å². The van der Waals surface area contributed by atoms with Gasteiger partial charge in [-0.25, -0.2) is 9.97 Å². The van der Waals surface area contributed by atoms with E-state index in [0.717, 1.165) is 27.1 Å². The minimum Gasteiger partial charge on any atom is -0.373 e.